The lowest BCUT2D eigenvalue weighted by Crippen LogP contribution is -2.61. The largest absolute Gasteiger partial charge is 0.459 e. The minimum Gasteiger partial charge on any atom is -0.459 e. The lowest BCUT2D eigenvalue weighted by Gasteiger charge is -2.47. The van der Waals surface area contributed by atoms with Crippen molar-refractivity contribution in [3.05, 3.63) is 78.0 Å². The highest BCUT2D eigenvalue weighted by Crippen LogP contribution is 2.39. The van der Waals surface area contributed by atoms with Gasteiger partial charge in [-0.2, -0.15) is 0 Å². The van der Waals surface area contributed by atoms with Gasteiger partial charge in [0, 0.05) is 37.0 Å². The molecule has 2 aliphatic heterocycles. The lowest BCUT2D eigenvalue weighted by molar-refractivity contribution is -0.301. The summed E-state index contributed by atoms with van der Waals surface area (Å²) < 4.78 is 17.4. The Balaban J connectivity index is 1.25. The zero-order chi connectivity index (χ0) is 48.3. The fourth-order valence-corrected chi connectivity index (χ4v) is 9.37. The highest BCUT2D eigenvalue weighted by molar-refractivity contribution is 5.99. The quantitative estimate of drug-likeness (QED) is 0.0592. The lowest BCUT2D eigenvalue weighted by atomic mass is 9.72. The number of rotatable bonds is 20. The summed E-state index contributed by atoms with van der Waals surface area (Å²) in [6.45, 7) is 5.80. The summed E-state index contributed by atoms with van der Waals surface area (Å²) in [5.41, 5.74) is 6.51. The van der Waals surface area contributed by atoms with Crippen LogP contribution in [0.4, 0.5) is 0 Å². The number of aliphatic hydroxyl groups is 4. The molecule has 0 unspecified atom stereocenters. The molecule has 1 aliphatic carbocycles. The molecule has 18 nitrogen and oxygen atoms in total. The van der Waals surface area contributed by atoms with E-state index in [4.69, 9.17) is 19.9 Å². The molecule has 3 aliphatic rings. The Bertz CT molecular complexity index is 2140. The number of nitrogens with one attached hydrogen (secondary N) is 3. The second kappa shape index (κ2) is 23.8. The van der Waals surface area contributed by atoms with E-state index in [0.29, 0.717) is 36.7 Å². The average molecular weight is 933 g/mol. The van der Waals surface area contributed by atoms with Crippen molar-refractivity contribution in [2.45, 2.75) is 145 Å². The molecule has 11 atom stereocenters. The summed E-state index contributed by atoms with van der Waals surface area (Å²) >= 11 is 0. The molecular weight excluding hydrogens is 865 g/mol. The predicted octanol–water partition coefficient (Wildman–Crippen LogP) is 1.63. The van der Waals surface area contributed by atoms with Gasteiger partial charge >= 0.3 is 5.97 Å². The van der Waals surface area contributed by atoms with Gasteiger partial charge < -0.3 is 56.3 Å². The van der Waals surface area contributed by atoms with Gasteiger partial charge in [-0.25, -0.2) is 4.98 Å². The first-order valence-corrected chi connectivity index (χ1v) is 23.5. The number of hydrogen-bond donors (Lipinski definition) is 8. The number of carbonyl (C=O) groups is 5. The maximum Gasteiger partial charge on any atom is 0.306 e. The molecule has 0 bridgehead atoms. The number of ether oxygens (including phenoxy) is 3. The zero-order valence-electron chi connectivity index (χ0n) is 38.6. The van der Waals surface area contributed by atoms with Crippen LogP contribution >= 0.6 is 0 Å². The number of esters is 1. The van der Waals surface area contributed by atoms with Crippen LogP contribution in [0.2, 0.25) is 0 Å². The first kappa shape index (κ1) is 51.3. The molecule has 3 heterocycles. The molecule has 2 saturated heterocycles. The van der Waals surface area contributed by atoms with Crippen molar-refractivity contribution in [3.63, 3.8) is 0 Å². The molecule has 366 valence electrons. The molecule has 3 fully saturated rings. The van der Waals surface area contributed by atoms with E-state index < -0.39 is 97.2 Å². The second-order valence-corrected chi connectivity index (χ2v) is 19.2. The van der Waals surface area contributed by atoms with Crippen LogP contribution in [-0.2, 0) is 39.8 Å². The molecule has 4 amide bonds. The van der Waals surface area contributed by atoms with E-state index >= 15 is 0 Å². The van der Waals surface area contributed by atoms with Crippen molar-refractivity contribution in [2.24, 2.45) is 17.6 Å². The third-order valence-corrected chi connectivity index (χ3v) is 12.8. The van der Waals surface area contributed by atoms with Crippen molar-refractivity contribution in [3.8, 4) is 0 Å². The summed E-state index contributed by atoms with van der Waals surface area (Å²) in [7, 11) is 0. The van der Waals surface area contributed by atoms with E-state index in [2.05, 4.69) is 25.8 Å². The standard InChI is InChI=1S/C49H68N6O12/c1-49(2,3)54-47(64)37-24-31-16-7-8-17-32(31)26-55(37)27-38(66-41(58)19-11-12-22-65-48-44(61)43(60)42(59)39(28-56)67-48)35(23-29-13-5-4-6-14-29)52-46(63)36(25-40(50)57)53-45(62)34-21-20-30-15-9-10-18-33(30)51-34/h4-6,9-10,13-15,18,20-21,31-32,35-39,42-44,48,56,59-61H,7-8,11-12,16-17,19,22-28H2,1-3H3,(H2,50,57)(H,52,63)(H,53,62)(H,54,64)/t31-,32+,35-,36-,37+,38+,39+,42+,43-,44-,48-/m0/s1. The molecular formula is C49H68N6O12. The second-order valence-electron chi connectivity index (χ2n) is 19.2. The minimum atomic E-state index is -1.60. The van der Waals surface area contributed by atoms with Gasteiger partial charge in [0.15, 0.2) is 6.29 Å². The average Bonchev–Trinajstić information content (AvgIpc) is 3.29. The number of likely N-dealkylation sites (tertiary alicyclic amines) is 1. The fourth-order valence-electron chi connectivity index (χ4n) is 9.37. The topological polar surface area (TPSA) is 272 Å². The number of nitrogens with two attached hydrogens (primary N) is 1. The Labute approximate surface area is 391 Å². The number of primary amides is 1. The Morgan fingerprint density at radius 1 is 0.896 bits per heavy atom. The highest BCUT2D eigenvalue weighted by Gasteiger charge is 2.45. The molecule has 1 aromatic heterocycles. The van der Waals surface area contributed by atoms with Gasteiger partial charge in [-0.1, -0.05) is 73.9 Å². The van der Waals surface area contributed by atoms with Crippen molar-refractivity contribution in [2.75, 3.05) is 26.3 Å². The number of fused-ring (bicyclic) bond motifs is 2. The van der Waals surface area contributed by atoms with Crippen LogP contribution in [-0.4, -0.2) is 147 Å². The SMILES string of the molecule is CC(C)(C)NC(=O)[C@H]1C[C@@H]2CCCC[C@@H]2CN1C[C@@H](OC(=O)CCCCO[C@H]1O[C@H](CO)[C@@H](O)[C@H](O)[C@@H]1O)[C@H](Cc1ccccc1)NC(=O)[C@H](CC(N)=O)NC(=O)c1ccc2ccccc2n1. The number of unbranched alkanes of at least 4 members (excludes halogenated alkanes) is 1. The number of para-hydroxylation sites is 1. The van der Waals surface area contributed by atoms with E-state index in [9.17, 15) is 44.4 Å². The molecule has 67 heavy (non-hydrogen) atoms. The van der Waals surface area contributed by atoms with Gasteiger partial charge in [0.05, 0.1) is 30.6 Å². The summed E-state index contributed by atoms with van der Waals surface area (Å²) in [4.78, 5) is 75.2. The predicted molar refractivity (Wildman–Crippen MR) is 246 cm³/mol. The van der Waals surface area contributed by atoms with E-state index in [1.54, 1.807) is 18.2 Å². The van der Waals surface area contributed by atoms with Gasteiger partial charge in [-0.3, -0.25) is 28.9 Å². The molecule has 2 aromatic carbocycles. The van der Waals surface area contributed by atoms with E-state index in [1.807, 2.05) is 63.2 Å². The summed E-state index contributed by atoms with van der Waals surface area (Å²) in [6, 6.07) is 16.8. The van der Waals surface area contributed by atoms with Crippen LogP contribution in [0.5, 0.6) is 0 Å². The Morgan fingerprint density at radius 3 is 2.33 bits per heavy atom. The van der Waals surface area contributed by atoms with Gasteiger partial charge in [0.1, 0.15) is 42.3 Å². The summed E-state index contributed by atoms with van der Waals surface area (Å²) in [6.07, 6.45) is -3.30. The van der Waals surface area contributed by atoms with Gasteiger partial charge in [0.25, 0.3) is 5.91 Å². The normalized spacial score (nSPS) is 25.8. The Hall–Kier alpha value is -5.08. The van der Waals surface area contributed by atoms with Crippen LogP contribution < -0.4 is 21.7 Å². The Kier molecular flexibility index (Phi) is 18.2. The van der Waals surface area contributed by atoms with E-state index in [-0.39, 0.29) is 44.0 Å². The molecule has 3 aromatic rings. The Morgan fingerprint density at radius 2 is 1.61 bits per heavy atom. The van der Waals surface area contributed by atoms with Gasteiger partial charge in [-0.15, -0.1) is 0 Å². The van der Waals surface area contributed by atoms with Crippen LogP contribution in [0, 0.1) is 11.8 Å². The minimum absolute atomic E-state index is 0.00527. The van der Waals surface area contributed by atoms with Gasteiger partial charge in [0.2, 0.25) is 17.7 Å². The van der Waals surface area contributed by atoms with Crippen molar-refractivity contribution in [1.29, 1.82) is 0 Å². The molecule has 9 N–H and O–H groups in total. The van der Waals surface area contributed by atoms with Crippen molar-refractivity contribution >= 4 is 40.5 Å². The number of amides is 4. The van der Waals surface area contributed by atoms with E-state index in [1.165, 1.54) is 6.07 Å². The maximum atomic E-state index is 14.5. The number of nitrogens with zero attached hydrogens (tertiary/aromatic N) is 2. The van der Waals surface area contributed by atoms with Crippen LogP contribution in [0.25, 0.3) is 10.9 Å². The van der Waals surface area contributed by atoms with Crippen LogP contribution in [0.1, 0.15) is 94.6 Å². The summed E-state index contributed by atoms with van der Waals surface area (Å²) in [5, 5.41) is 49.8. The number of piperidine rings is 1. The number of carbonyl (C=O) groups excluding carboxylic acids is 5. The molecule has 18 heteroatoms. The molecule has 0 radical (unpaired) electrons. The van der Waals surface area contributed by atoms with E-state index in [0.717, 1.165) is 36.6 Å². The molecule has 1 saturated carbocycles. The highest BCUT2D eigenvalue weighted by atomic mass is 16.7. The number of hydrogen-bond acceptors (Lipinski definition) is 14. The first-order chi connectivity index (χ1) is 32.0. The third-order valence-electron chi connectivity index (χ3n) is 12.8. The zero-order valence-corrected chi connectivity index (χ0v) is 38.6. The number of benzene rings is 2. The first-order valence-electron chi connectivity index (χ1n) is 23.5. The van der Waals surface area contributed by atoms with Crippen molar-refractivity contribution in [1.82, 2.24) is 25.8 Å². The fraction of sp³-hybridized carbons (Fsp3) is 0.592. The molecule has 6 rings (SSSR count). The van der Waals surface area contributed by atoms with Crippen LogP contribution in [0.3, 0.4) is 0 Å². The smallest absolute Gasteiger partial charge is 0.306 e. The molecule has 0 spiro atoms. The monoisotopic (exact) mass is 932 g/mol. The maximum absolute atomic E-state index is 14.5. The third kappa shape index (κ3) is 14.5. The number of pyridine rings is 1. The van der Waals surface area contributed by atoms with Crippen LogP contribution in [0.15, 0.2) is 66.7 Å². The summed E-state index contributed by atoms with van der Waals surface area (Å²) in [5.74, 6) is -2.36. The van der Waals surface area contributed by atoms with Gasteiger partial charge in [-0.05, 0) is 82.4 Å². The number of aliphatic hydroxyl groups excluding tert-OH is 4. The number of aromatic nitrogens is 1. The van der Waals surface area contributed by atoms with Crippen molar-refractivity contribution < 1.29 is 58.6 Å².